The molecule has 1 aliphatic rings. The summed E-state index contributed by atoms with van der Waals surface area (Å²) in [6, 6.07) is 9.49. The zero-order chi connectivity index (χ0) is 18.1. The van der Waals surface area contributed by atoms with Crippen LogP contribution in [0, 0.1) is 33.5 Å². The lowest BCUT2D eigenvalue weighted by Gasteiger charge is -2.26. The molecule has 25 heavy (non-hydrogen) atoms. The minimum Gasteiger partial charge on any atom is -0.279 e. The van der Waals surface area contributed by atoms with E-state index in [2.05, 4.69) is 32.5 Å². The van der Waals surface area contributed by atoms with Gasteiger partial charge in [0.1, 0.15) is 6.04 Å². The third kappa shape index (κ3) is 2.60. The molecule has 0 radical (unpaired) electrons. The summed E-state index contributed by atoms with van der Waals surface area (Å²) in [4.78, 5) is 15.3. The third-order valence-corrected chi connectivity index (χ3v) is 4.63. The van der Waals surface area contributed by atoms with Crippen LogP contribution in [0.25, 0.3) is 10.9 Å². The summed E-state index contributed by atoms with van der Waals surface area (Å²) in [5.74, 6) is -0.896. The molecule has 3 rings (SSSR count). The van der Waals surface area contributed by atoms with E-state index in [9.17, 15) is 15.4 Å². The van der Waals surface area contributed by atoms with Crippen molar-refractivity contribution in [3.8, 4) is 12.1 Å². The Morgan fingerprint density at radius 3 is 2.72 bits per heavy atom. The molecule has 124 valence electrons. The van der Waals surface area contributed by atoms with E-state index in [4.69, 9.17) is 0 Å². The van der Waals surface area contributed by atoms with Crippen molar-refractivity contribution in [1.29, 1.82) is 10.5 Å². The van der Waals surface area contributed by atoms with Crippen LogP contribution in [0.1, 0.15) is 44.0 Å². The Labute approximate surface area is 144 Å². The van der Waals surface area contributed by atoms with Crippen molar-refractivity contribution in [2.75, 3.05) is 0 Å². The highest BCUT2D eigenvalue weighted by Gasteiger charge is 2.34. The Bertz CT molecular complexity index is 1000. The summed E-state index contributed by atoms with van der Waals surface area (Å²) < 4.78 is 0. The maximum atomic E-state index is 10.9. The molecule has 1 aliphatic heterocycles. The fraction of sp³-hybridized carbons (Fsp3) is 0.333. The normalized spacial score (nSPS) is 21.4. The molecule has 7 heteroatoms. The molecule has 1 aromatic carbocycles. The number of nitrogens with zero attached hydrogens (tertiary/aromatic N) is 5. The van der Waals surface area contributed by atoms with Gasteiger partial charge in [-0.15, -0.1) is 0 Å². The van der Waals surface area contributed by atoms with Gasteiger partial charge in [0.25, 0.3) is 0 Å². The van der Waals surface area contributed by atoms with Gasteiger partial charge < -0.3 is 0 Å². The second-order valence-electron chi connectivity index (χ2n) is 6.14. The Morgan fingerprint density at radius 2 is 2.08 bits per heavy atom. The van der Waals surface area contributed by atoms with Crippen molar-refractivity contribution >= 4 is 16.6 Å². The number of rotatable bonds is 3. The highest BCUT2D eigenvalue weighted by atomic mass is 16.3. The van der Waals surface area contributed by atoms with Crippen molar-refractivity contribution in [2.45, 2.75) is 32.7 Å². The number of nitroso groups, excluding NO2 is 1. The highest BCUT2D eigenvalue weighted by molar-refractivity contribution is 5.91. The molecule has 0 fully saturated rings. The Balaban J connectivity index is 2.21. The molecule has 7 nitrogen and oxygen atoms in total. The van der Waals surface area contributed by atoms with Gasteiger partial charge in [0.2, 0.25) is 0 Å². The van der Waals surface area contributed by atoms with Crippen LogP contribution in [0.3, 0.4) is 0 Å². The average Bonchev–Trinajstić information content (AvgIpc) is 3.03. The van der Waals surface area contributed by atoms with Gasteiger partial charge in [0, 0.05) is 17.0 Å². The highest BCUT2D eigenvalue weighted by Crippen LogP contribution is 2.39. The average molecular weight is 332 g/mol. The monoisotopic (exact) mass is 332 g/mol. The molecule has 0 saturated heterocycles. The number of hydrogen-bond donors (Lipinski definition) is 1. The smallest absolute Gasteiger partial charge is 0.131 e. The van der Waals surface area contributed by atoms with Gasteiger partial charge in [-0.2, -0.15) is 20.5 Å². The van der Waals surface area contributed by atoms with E-state index in [0.717, 1.165) is 10.9 Å². The van der Waals surface area contributed by atoms with Gasteiger partial charge in [-0.1, -0.05) is 11.2 Å². The number of aliphatic imine (C=N–C) groups is 1. The first-order chi connectivity index (χ1) is 12.0. The topological polar surface area (TPSA) is 118 Å². The summed E-state index contributed by atoms with van der Waals surface area (Å²) in [5.41, 5.74) is 3.98. The van der Waals surface area contributed by atoms with Crippen LogP contribution >= 0.6 is 0 Å². The molecule has 0 amide bonds. The number of benzene rings is 1. The Morgan fingerprint density at radius 1 is 1.32 bits per heavy atom. The molecule has 1 N–H and O–H groups in total. The van der Waals surface area contributed by atoms with Crippen molar-refractivity contribution < 1.29 is 0 Å². The van der Waals surface area contributed by atoms with E-state index in [1.807, 2.05) is 18.2 Å². The van der Waals surface area contributed by atoms with Crippen molar-refractivity contribution in [3.63, 3.8) is 0 Å². The van der Waals surface area contributed by atoms with E-state index in [1.54, 1.807) is 20.8 Å². The molecule has 3 unspecified atom stereocenters. The van der Waals surface area contributed by atoms with Gasteiger partial charge in [-0.3, -0.25) is 10.1 Å². The van der Waals surface area contributed by atoms with Crippen molar-refractivity contribution in [1.82, 2.24) is 10.2 Å². The van der Waals surface area contributed by atoms with Crippen LogP contribution in [0.15, 0.2) is 39.6 Å². The van der Waals surface area contributed by atoms with Crippen LogP contribution in [0.2, 0.25) is 0 Å². The Kier molecular flexibility index (Phi) is 4.16. The first-order valence-electron chi connectivity index (χ1n) is 7.87. The first-order valence-corrected chi connectivity index (χ1v) is 7.87. The second-order valence-corrected chi connectivity index (χ2v) is 6.14. The molecule has 0 bridgehead atoms. The Hall–Kier alpha value is -3.32. The third-order valence-electron chi connectivity index (χ3n) is 4.63. The number of allylic oxidation sites excluding steroid dienone is 2. The van der Waals surface area contributed by atoms with E-state index in [1.165, 1.54) is 0 Å². The van der Waals surface area contributed by atoms with E-state index < -0.39 is 12.0 Å². The molecule has 2 aromatic rings. The van der Waals surface area contributed by atoms with Crippen LogP contribution in [-0.2, 0) is 0 Å². The summed E-state index contributed by atoms with van der Waals surface area (Å²) in [7, 11) is 0. The van der Waals surface area contributed by atoms with Gasteiger partial charge in [-0.25, -0.2) is 0 Å². The standard InChI is InChI=1S/C18H16N6O/c1-9-14(7-19)17(15(8-20)10(2)21-9)12-4-5-16-13(6-12)18(23-22-16)11(3)24-25/h4-6,11,14,17H,1-3H3,(H,22,23). The number of hydrogen-bond acceptors (Lipinski definition) is 6. The molecule has 0 aliphatic carbocycles. The summed E-state index contributed by atoms with van der Waals surface area (Å²) in [6.45, 7) is 5.27. The maximum Gasteiger partial charge on any atom is 0.131 e. The fourth-order valence-corrected chi connectivity index (χ4v) is 3.32. The van der Waals surface area contributed by atoms with Gasteiger partial charge in [-0.05, 0) is 38.5 Å². The lowest BCUT2D eigenvalue weighted by molar-refractivity contribution is 0.704. The van der Waals surface area contributed by atoms with Gasteiger partial charge in [0.15, 0.2) is 0 Å². The number of aromatic amines is 1. The lowest BCUT2D eigenvalue weighted by atomic mass is 9.76. The van der Waals surface area contributed by atoms with E-state index >= 15 is 0 Å². The zero-order valence-corrected chi connectivity index (χ0v) is 14.1. The molecule has 1 aromatic heterocycles. The molecular weight excluding hydrogens is 316 g/mol. The second kappa shape index (κ2) is 6.29. The SMILES string of the molecule is CC1=NC(C)=C(C#N)C(c2ccc3n[nH]c(C(C)N=O)c3c2)C1C#N. The van der Waals surface area contributed by atoms with E-state index in [0.29, 0.717) is 28.2 Å². The summed E-state index contributed by atoms with van der Waals surface area (Å²) >= 11 is 0. The van der Waals surface area contributed by atoms with Crippen LogP contribution in [0.5, 0.6) is 0 Å². The van der Waals surface area contributed by atoms with Gasteiger partial charge >= 0.3 is 0 Å². The lowest BCUT2D eigenvalue weighted by Crippen LogP contribution is -2.24. The largest absolute Gasteiger partial charge is 0.279 e. The van der Waals surface area contributed by atoms with Crippen LogP contribution in [-0.4, -0.2) is 15.9 Å². The van der Waals surface area contributed by atoms with E-state index in [-0.39, 0.29) is 5.92 Å². The molecular formula is C18H16N6O. The number of nitrogens with one attached hydrogen (secondary N) is 1. The number of H-pyrrole nitrogens is 1. The molecule has 0 saturated carbocycles. The predicted molar refractivity (Wildman–Crippen MR) is 93.6 cm³/mol. The number of fused-ring (bicyclic) bond motifs is 1. The number of nitriles is 2. The minimum atomic E-state index is -0.561. The minimum absolute atomic E-state index is 0.390. The molecule has 3 atom stereocenters. The summed E-state index contributed by atoms with van der Waals surface area (Å²) in [5, 5.41) is 30.1. The predicted octanol–water partition coefficient (Wildman–Crippen LogP) is 3.89. The van der Waals surface area contributed by atoms with Crippen molar-refractivity contribution in [2.24, 2.45) is 16.1 Å². The maximum absolute atomic E-state index is 10.9. The fourth-order valence-electron chi connectivity index (χ4n) is 3.32. The summed E-state index contributed by atoms with van der Waals surface area (Å²) in [6.07, 6.45) is 0. The van der Waals surface area contributed by atoms with Crippen LogP contribution < -0.4 is 0 Å². The van der Waals surface area contributed by atoms with Gasteiger partial charge in [0.05, 0.1) is 40.5 Å². The zero-order valence-electron chi connectivity index (χ0n) is 14.1. The van der Waals surface area contributed by atoms with Crippen molar-refractivity contribution in [3.05, 3.63) is 45.6 Å². The molecule has 2 heterocycles. The first kappa shape index (κ1) is 16.5. The quantitative estimate of drug-likeness (QED) is 0.858. The number of aromatic nitrogens is 2. The molecule has 0 spiro atoms. The van der Waals surface area contributed by atoms with Crippen LogP contribution in [0.4, 0.5) is 0 Å².